The second-order valence-electron chi connectivity index (χ2n) is 4.51. The molecule has 5 nitrogen and oxygen atoms in total. The highest BCUT2D eigenvalue weighted by Crippen LogP contribution is 2.23. The fourth-order valence-corrected chi connectivity index (χ4v) is 2.10. The fourth-order valence-electron chi connectivity index (χ4n) is 2.10. The number of aryl methyl sites for hydroxylation is 1. The van der Waals surface area contributed by atoms with E-state index >= 15 is 0 Å². The molecule has 3 rings (SSSR count). The minimum absolute atomic E-state index is 0.285. The lowest BCUT2D eigenvalue weighted by Gasteiger charge is -2.12. The SMILES string of the molecule is Cn1ccnc1COc1cccc(F)c1C1=NCCN1. The third kappa shape index (κ3) is 2.36. The number of hydrogen-bond acceptors (Lipinski definition) is 4. The predicted octanol–water partition coefficient (Wildman–Crippen LogP) is 1.49. The normalized spacial score (nSPS) is 14.0. The summed E-state index contributed by atoms with van der Waals surface area (Å²) in [6.45, 7) is 1.66. The Morgan fingerprint density at radius 2 is 2.35 bits per heavy atom. The third-order valence-corrected chi connectivity index (χ3v) is 3.16. The molecule has 0 fully saturated rings. The molecular weight excluding hydrogens is 259 g/mol. The molecule has 0 unspecified atom stereocenters. The summed E-state index contributed by atoms with van der Waals surface area (Å²) in [7, 11) is 1.89. The number of aliphatic imine (C=N–C) groups is 1. The first-order chi connectivity index (χ1) is 9.75. The van der Waals surface area contributed by atoms with Crippen molar-refractivity contribution in [3.05, 3.63) is 47.8 Å². The highest BCUT2D eigenvalue weighted by atomic mass is 19.1. The second-order valence-corrected chi connectivity index (χ2v) is 4.51. The molecule has 0 saturated carbocycles. The summed E-state index contributed by atoms with van der Waals surface area (Å²) >= 11 is 0. The molecule has 0 amide bonds. The van der Waals surface area contributed by atoms with Crippen molar-refractivity contribution < 1.29 is 9.13 Å². The molecule has 1 aromatic carbocycles. The Kier molecular flexibility index (Phi) is 3.37. The van der Waals surface area contributed by atoms with Crippen molar-refractivity contribution in [2.75, 3.05) is 13.1 Å². The van der Waals surface area contributed by atoms with E-state index in [2.05, 4.69) is 15.3 Å². The van der Waals surface area contributed by atoms with E-state index in [-0.39, 0.29) is 12.4 Å². The first kappa shape index (κ1) is 12.7. The molecule has 1 aromatic heterocycles. The quantitative estimate of drug-likeness (QED) is 0.919. The van der Waals surface area contributed by atoms with Crippen LogP contribution in [-0.2, 0) is 13.7 Å². The number of imidazole rings is 1. The zero-order chi connectivity index (χ0) is 13.9. The monoisotopic (exact) mass is 274 g/mol. The summed E-state index contributed by atoms with van der Waals surface area (Å²) in [6, 6.07) is 4.78. The molecule has 0 aliphatic carbocycles. The van der Waals surface area contributed by atoms with Crippen LogP contribution in [-0.4, -0.2) is 28.5 Å². The molecule has 6 heteroatoms. The van der Waals surface area contributed by atoms with E-state index in [9.17, 15) is 4.39 Å². The van der Waals surface area contributed by atoms with Gasteiger partial charge in [0.05, 0.1) is 12.1 Å². The molecule has 1 aliphatic rings. The largest absolute Gasteiger partial charge is 0.485 e. The van der Waals surface area contributed by atoms with E-state index in [4.69, 9.17) is 4.74 Å². The van der Waals surface area contributed by atoms with Crippen molar-refractivity contribution in [1.82, 2.24) is 14.9 Å². The highest BCUT2D eigenvalue weighted by molar-refractivity contribution is 6.02. The maximum atomic E-state index is 14.0. The Labute approximate surface area is 116 Å². The van der Waals surface area contributed by atoms with Crippen molar-refractivity contribution in [3.8, 4) is 5.75 Å². The number of ether oxygens (including phenoxy) is 1. The molecular formula is C14H15FN4O. The number of nitrogens with one attached hydrogen (secondary N) is 1. The van der Waals surface area contributed by atoms with Gasteiger partial charge in [-0.3, -0.25) is 4.99 Å². The number of nitrogens with zero attached hydrogens (tertiary/aromatic N) is 3. The van der Waals surface area contributed by atoms with E-state index in [0.717, 1.165) is 12.4 Å². The number of amidine groups is 1. The van der Waals surface area contributed by atoms with Crippen LogP contribution in [0.25, 0.3) is 0 Å². The van der Waals surface area contributed by atoms with Gasteiger partial charge in [-0.25, -0.2) is 9.37 Å². The Morgan fingerprint density at radius 3 is 3.05 bits per heavy atom. The fraction of sp³-hybridized carbons (Fsp3) is 0.286. The van der Waals surface area contributed by atoms with E-state index in [1.807, 2.05) is 17.8 Å². The van der Waals surface area contributed by atoms with Gasteiger partial charge in [-0.05, 0) is 12.1 Å². The molecule has 0 bridgehead atoms. The van der Waals surface area contributed by atoms with Gasteiger partial charge in [0.25, 0.3) is 0 Å². The second kappa shape index (κ2) is 5.32. The van der Waals surface area contributed by atoms with Crippen LogP contribution in [0.3, 0.4) is 0 Å². The van der Waals surface area contributed by atoms with Gasteiger partial charge in [-0.1, -0.05) is 6.07 Å². The van der Waals surface area contributed by atoms with E-state index in [1.54, 1.807) is 18.3 Å². The van der Waals surface area contributed by atoms with Gasteiger partial charge < -0.3 is 14.6 Å². The number of hydrogen-bond donors (Lipinski definition) is 1. The maximum absolute atomic E-state index is 14.0. The average Bonchev–Trinajstić information content (AvgIpc) is 3.08. The smallest absolute Gasteiger partial charge is 0.146 e. The summed E-state index contributed by atoms with van der Waals surface area (Å²) in [6.07, 6.45) is 3.54. The number of rotatable bonds is 4. The predicted molar refractivity (Wildman–Crippen MR) is 73.3 cm³/mol. The maximum Gasteiger partial charge on any atom is 0.146 e. The topological polar surface area (TPSA) is 51.4 Å². The number of aromatic nitrogens is 2. The van der Waals surface area contributed by atoms with Gasteiger partial charge in [0.1, 0.15) is 29.8 Å². The van der Waals surface area contributed by atoms with E-state index < -0.39 is 0 Å². The molecule has 0 saturated heterocycles. The molecule has 20 heavy (non-hydrogen) atoms. The summed E-state index contributed by atoms with van der Waals surface area (Å²) in [5.74, 6) is 1.47. The van der Waals surface area contributed by atoms with Crippen LogP contribution in [0, 0.1) is 5.82 Å². The van der Waals surface area contributed by atoms with Crippen molar-refractivity contribution >= 4 is 5.84 Å². The van der Waals surface area contributed by atoms with Crippen LogP contribution >= 0.6 is 0 Å². The zero-order valence-electron chi connectivity index (χ0n) is 11.1. The number of halogens is 1. The van der Waals surface area contributed by atoms with Gasteiger partial charge in [0, 0.05) is 26.0 Å². The first-order valence-electron chi connectivity index (χ1n) is 6.42. The third-order valence-electron chi connectivity index (χ3n) is 3.16. The molecule has 2 heterocycles. The van der Waals surface area contributed by atoms with Crippen molar-refractivity contribution in [2.24, 2.45) is 12.0 Å². The summed E-state index contributed by atoms with van der Waals surface area (Å²) in [5.41, 5.74) is 0.388. The standard InChI is InChI=1S/C14H15FN4O/c1-19-8-7-16-12(19)9-20-11-4-2-3-10(15)13(11)14-17-5-6-18-14/h2-4,7-8H,5-6,9H2,1H3,(H,17,18). The minimum Gasteiger partial charge on any atom is -0.485 e. The molecule has 2 aromatic rings. The number of benzene rings is 1. The Hall–Kier alpha value is -2.37. The van der Waals surface area contributed by atoms with Crippen molar-refractivity contribution in [2.45, 2.75) is 6.61 Å². The molecule has 0 spiro atoms. The molecule has 1 N–H and O–H groups in total. The molecule has 104 valence electrons. The molecule has 0 radical (unpaired) electrons. The van der Waals surface area contributed by atoms with Gasteiger partial charge >= 0.3 is 0 Å². The van der Waals surface area contributed by atoms with Crippen LogP contribution in [0.2, 0.25) is 0 Å². The highest BCUT2D eigenvalue weighted by Gasteiger charge is 2.18. The van der Waals surface area contributed by atoms with Crippen molar-refractivity contribution in [3.63, 3.8) is 0 Å². The summed E-state index contributed by atoms with van der Waals surface area (Å²) in [5, 5.41) is 3.07. The van der Waals surface area contributed by atoms with Crippen LogP contribution in [0.1, 0.15) is 11.4 Å². The molecule has 1 aliphatic heterocycles. The minimum atomic E-state index is -0.338. The van der Waals surface area contributed by atoms with Crippen LogP contribution in [0.5, 0.6) is 5.75 Å². The van der Waals surface area contributed by atoms with Gasteiger partial charge in [0.15, 0.2) is 0 Å². The first-order valence-corrected chi connectivity index (χ1v) is 6.42. The molecule has 0 atom stereocenters. The average molecular weight is 274 g/mol. The van der Waals surface area contributed by atoms with Crippen molar-refractivity contribution in [1.29, 1.82) is 0 Å². The zero-order valence-corrected chi connectivity index (χ0v) is 11.1. The van der Waals surface area contributed by atoms with E-state index in [0.29, 0.717) is 23.7 Å². The van der Waals surface area contributed by atoms with Gasteiger partial charge in [-0.15, -0.1) is 0 Å². The Balaban J connectivity index is 1.86. The van der Waals surface area contributed by atoms with Crippen LogP contribution in [0.15, 0.2) is 35.6 Å². The lowest BCUT2D eigenvalue weighted by atomic mass is 10.1. The Bertz CT molecular complexity index is 650. The summed E-state index contributed by atoms with van der Waals surface area (Å²) in [4.78, 5) is 8.43. The lowest BCUT2D eigenvalue weighted by molar-refractivity contribution is 0.289. The van der Waals surface area contributed by atoms with Crippen LogP contribution < -0.4 is 10.1 Å². The summed E-state index contributed by atoms with van der Waals surface area (Å²) < 4.78 is 21.6. The van der Waals surface area contributed by atoms with Crippen LogP contribution in [0.4, 0.5) is 4.39 Å². The van der Waals surface area contributed by atoms with Gasteiger partial charge in [-0.2, -0.15) is 0 Å². The van der Waals surface area contributed by atoms with Gasteiger partial charge in [0.2, 0.25) is 0 Å². The Morgan fingerprint density at radius 1 is 1.45 bits per heavy atom. The van der Waals surface area contributed by atoms with E-state index in [1.165, 1.54) is 6.07 Å². The lowest BCUT2D eigenvalue weighted by Crippen LogP contribution is -2.21.